The lowest BCUT2D eigenvalue weighted by Gasteiger charge is -2.36. The predicted molar refractivity (Wildman–Crippen MR) is 114 cm³/mol. The van der Waals surface area contributed by atoms with Crippen molar-refractivity contribution in [1.29, 1.82) is 0 Å². The van der Waals surface area contributed by atoms with Crippen molar-refractivity contribution in [3.05, 3.63) is 29.8 Å². The number of hydrogen-bond acceptors (Lipinski definition) is 5. The van der Waals surface area contributed by atoms with Crippen LogP contribution >= 0.6 is 12.4 Å². The van der Waals surface area contributed by atoms with Gasteiger partial charge in [0, 0.05) is 44.3 Å². The van der Waals surface area contributed by atoms with Gasteiger partial charge in [0.1, 0.15) is 12.4 Å². The molecule has 2 fully saturated rings. The van der Waals surface area contributed by atoms with E-state index in [1.165, 1.54) is 0 Å². The van der Waals surface area contributed by atoms with E-state index in [2.05, 4.69) is 5.32 Å². The van der Waals surface area contributed by atoms with Gasteiger partial charge in [0.15, 0.2) is 0 Å². The average Bonchev–Trinajstić information content (AvgIpc) is 3.24. The molecule has 0 radical (unpaired) electrons. The van der Waals surface area contributed by atoms with E-state index in [-0.39, 0.29) is 36.4 Å². The van der Waals surface area contributed by atoms with Crippen molar-refractivity contribution < 1.29 is 19.1 Å². The van der Waals surface area contributed by atoms with Crippen LogP contribution in [0, 0.1) is 0 Å². The van der Waals surface area contributed by atoms with Crippen LogP contribution in [0.5, 0.6) is 5.75 Å². The molecule has 2 saturated heterocycles. The summed E-state index contributed by atoms with van der Waals surface area (Å²) in [6, 6.07) is 7.35. The van der Waals surface area contributed by atoms with Crippen LogP contribution in [0.3, 0.4) is 0 Å². The van der Waals surface area contributed by atoms with Crippen LogP contribution < -0.4 is 15.8 Å². The van der Waals surface area contributed by atoms with Crippen molar-refractivity contribution in [3.8, 4) is 5.75 Å². The molecule has 1 aromatic carbocycles. The van der Waals surface area contributed by atoms with Crippen LogP contribution in [0.4, 0.5) is 0 Å². The molecule has 0 bridgehead atoms. The normalized spacial score (nSPS) is 21.3. The van der Waals surface area contributed by atoms with E-state index < -0.39 is 0 Å². The number of halogens is 1. The second-order valence-corrected chi connectivity index (χ2v) is 7.46. The summed E-state index contributed by atoms with van der Waals surface area (Å²) in [4.78, 5) is 26.7. The number of benzene rings is 1. The quantitative estimate of drug-likeness (QED) is 0.665. The van der Waals surface area contributed by atoms with Crippen LogP contribution in [0.1, 0.15) is 48.9 Å². The third kappa shape index (κ3) is 6.87. The van der Waals surface area contributed by atoms with Crippen molar-refractivity contribution in [2.24, 2.45) is 5.73 Å². The van der Waals surface area contributed by atoms with E-state index in [0.29, 0.717) is 44.0 Å². The fraction of sp³-hybridized carbons (Fsp3) is 0.619. The molecule has 29 heavy (non-hydrogen) atoms. The Balaban J connectivity index is 0.00000300. The Hall–Kier alpha value is -1.83. The molecule has 0 spiro atoms. The molecule has 8 heteroatoms. The molecule has 0 aliphatic carbocycles. The SMILES string of the molecule is Cl.NCCC(=O)NCC1CCCCN1C(=O)c1cccc(OCC2CCCO2)c1. The Kier molecular flexibility index (Phi) is 9.70. The Morgan fingerprint density at radius 1 is 1.24 bits per heavy atom. The largest absolute Gasteiger partial charge is 0.491 e. The molecule has 2 unspecified atom stereocenters. The van der Waals surface area contributed by atoms with Crippen LogP contribution in [0.2, 0.25) is 0 Å². The highest BCUT2D eigenvalue weighted by Crippen LogP contribution is 2.22. The van der Waals surface area contributed by atoms with Gasteiger partial charge in [0.05, 0.1) is 6.10 Å². The maximum atomic E-state index is 13.1. The van der Waals surface area contributed by atoms with Gasteiger partial charge in [-0.05, 0) is 50.3 Å². The minimum absolute atomic E-state index is 0. The summed E-state index contributed by atoms with van der Waals surface area (Å²) in [5.74, 6) is 0.608. The summed E-state index contributed by atoms with van der Waals surface area (Å²) in [6.45, 7) is 2.82. The highest BCUT2D eigenvalue weighted by molar-refractivity contribution is 5.95. The third-order valence-corrected chi connectivity index (χ3v) is 5.34. The first-order valence-corrected chi connectivity index (χ1v) is 10.3. The number of carbonyl (C=O) groups excluding carboxylic acids is 2. The Labute approximate surface area is 178 Å². The molecule has 1 aromatic rings. The maximum Gasteiger partial charge on any atom is 0.254 e. The zero-order chi connectivity index (χ0) is 19.8. The van der Waals surface area contributed by atoms with Crippen molar-refractivity contribution in [3.63, 3.8) is 0 Å². The van der Waals surface area contributed by atoms with Gasteiger partial charge in [0.2, 0.25) is 5.91 Å². The number of nitrogens with two attached hydrogens (primary N) is 1. The number of likely N-dealkylation sites (tertiary alicyclic amines) is 1. The molecule has 2 amide bonds. The number of nitrogens with one attached hydrogen (secondary N) is 1. The van der Waals surface area contributed by atoms with Crippen LogP contribution in [0.25, 0.3) is 0 Å². The highest BCUT2D eigenvalue weighted by atomic mass is 35.5. The van der Waals surface area contributed by atoms with Gasteiger partial charge >= 0.3 is 0 Å². The third-order valence-electron chi connectivity index (χ3n) is 5.34. The van der Waals surface area contributed by atoms with E-state index in [0.717, 1.165) is 38.7 Å². The molecule has 2 atom stereocenters. The molecular weight excluding hydrogens is 394 g/mol. The summed E-state index contributed by atoms with van der Waals surface area (Å²) in [5.41, 5.74) is 6.04. The maximum absolute atomic E-state index is 13.1. The lowest BCUT2D eigenvalue weighted by Crippen LogP contribution is -2.49. The molecule has 3 rings (SSSR count). The van der Waals surface area contributed by atoms with Crippen molar-refractivity contribution in [2.75, 3.05) is 32.8 Å². The van der Waals surface area contributed by atoms with Gasteiger partial charge in [-0.15, -0.1) is 12.4 Å². The Bertz CT molecular complexity index is 667. The van der Waals surface area contributed by atoms with Crippen molar-refractivity contribution in [1.82, 2.24) is 10.2 Å². The molecule has 0 saturated carbocycles. The molecule has 162 valence electrons. The van der Waals surface area contributed by atoms with E-state index >= 15 is 0 Å². The minimum atomic E-state index is -0.0648. The van der Waals surface area contributed by atoms with Crippen LogP contribution in [-0.4, -0.2) is 61.7 Å². The number of amides is 2. The summed E-state index contributed by atoms with van der Waals surface area (Å²) in [5, 5.41) is 2.90. The first-order valence-electron chi connectivity index (χ1n) is 10.3. The zero-order valence-electron chi connectivity index (χ0n) is 16.8. The van der Waals surface area contributed by atoms with Gasteiger partial charge in [0.25, 0.3) is 5.91 Å². The minimum Gasteiger partial charge on any atom is -0.491 e. The van der Waals surface area contributed by atoms with Gasteiger partial charge in [-0.25, -0.2) is 0 Å². The summed E-state index contributed by atoms with van der Waals surface area (Å²) >= 11 is 0. The van der Waals surface area contributed by atoms with E-state index in [1.54, 1.807) is 6.07 Å². The fourth-order valence-electron chi connectivity index (χ4n) is 3.78. The van der Waals surface area contributed by atoms with E-state index in [1.807, 2.05) is 23.1 Å². The van der Waals surface area contributed by atoms with Gasteiger partial charge in [-0.2, -0.15) is 0 Å². The number of carbonyl (C=O) groups is 2. The molecule has 3 N–H and O–H groups in total. The number of hydrogen-bond donors (Lipinski definition) is 2. The van der Waals surface area contributed by atoms with Gasteiger partial charge < -0.3 is 25.4 Å². The smallest absolute Gasteiger partial charge is 0.254 e. The fourth-order valence-corrected chi connectivity index (χ4v) is 3.78. The second kappa shape index (κ2) is 12.0. The van der Waals surface area contributed by atoms with Crippen molar-refractivity contribution in [2.45, 2.75) is 50.7 Å². The number of nitrogens with zero attached hydrogens (tertiary/aromatic N) is 1. The first-order chi connectivity index (χ1) is 13.7. The highest BCUT2D eigenvalue weighted by Gasteiger charge is 2.28. The summed E-state index contributed by atoms with van der Waals surface area (Å²) in [6.07, 6.45) is 5.48. The molecule has 2 aliphatic rings. The lowest BCUT2D eigenvalue weighted by molar-refractivity contribution is -0.121. The summed E-state index contributed by atoms with van der Waals surface area (Å²) in [7, 11) is 0. The molecule has 7 nitrogen and oxygen atoms in total. The molecular formula is C21H32ClN3O4. The summed E-state index contributed by atoms with van der Waals surface area (Å²) < 4.78 is 11.4. The average molecular weight is 426 g/mol. The van der Waals surface area contributed by atoms with E-state index in [9.17, 15) is 9.59 Å². The monoisotopic (exact) mass is 425 g/mol. The Morgan fingerprint density at radius 3 is 2.86 bits per heavy atom. The van der Waals surface area contributed by atoms with E-state index in [4.69, 9.17) is 15.2 Å². The lowest BCUT2D eigenvalue weighted by atomic mass is 10.0. The van der Waals surface area contributed by atoms with Crippen molar-refractivity contribution >= 4 is 24.2 Å². The second-order valence-electron chi connectivity index (χ2n) is 7.46. The molecule has 2 aliphatic heterocycles. The molecule has 2 heterocycles. The topological polar surface area (TPSA) is 93.9 Å². The standard InChI is InChI=1S/C21H31N3O4.ClH/c22-10-9-20(25)23-14-17-6-1-2-11-24(17)21(26)16-5-3-7-18(13-16)28-15-19-8-4-12-27-19;/h3,5,7,13,17,19H,1-2,4,6,8-12,14-15,22H2,(H,23,25);1H. The molecule has 0 aromatic heterocycles. The van der Waals surface area contributed by atoms with Crippen LogP contribution in [-0.2, 0) is 9.53 Å². The Morgan fingerprint density at radius 2 is 2.10 bits per heavy atom. The number of rotatable bonds is 8. The number of ether oxygens (including phenoxy) is 2. The van der Waals surface area contributed by atoms with Gasteiger partial charge in [-0.1, -0.05) is 6.07 Å². The predicted octanol–water partition coefficient (Wildman–Crippen LogP) is 2.13. The first kappa shape index (κ1) is 23.4. The number of piperidine rings is 1. The zero-order valence-corrected chi connectivity index (χ0v) is 17.6. The van der Waals surface area contributed by atoms with Crippen LogP contribution in [0.15, 0.2) is 24.3 Å². The van der Waals surface area contributed by atoms with Gasteiger partial charge in [-0.3, -0.25) is 9.59 Å².